The number of carbonyl (C=O) groups excluding carboxylic acids is 1. The molecule has 0 aliphatic rings. The van der Waals surface area contributed by atoms with Crippen molar-refractivity contribution in [3.05, 3.63) is 81.9 Å². The van der Waals surface area contributed by atoms with Crippen molar-refractivity contribution < 1.29 is 4.79 Å². The fourth-order valence-electron chi connectivity index (χ4n) is 2.52. The molecule has 0 aliphatic carbocycles. The standard InChI is InChI=1S/C19H18N2OS/c1-13-8-14(2)10-16(9-13)18(22)21-19-20-12-17(23-19)11-15-6-4-3-5-7-15/h3-10,12H,11H2,1-2H3,(H,20,21,22). The minimum atomic E-state index is -0.114. The number of nitrogens with one attached hydrogen (secondary N) is 1. The van der Waals surface area contributed by atoms with Gasteiger partial charge >= 0.3 is 0 Å². The van der Waals surface area contributed by atoms with Gasteiger partial charge in [0.15, 0.2) is 5.13 Å². The lowest BCUT2D eigenvalue weighted by atomic mass is 10.1. The van der Waals surface area contributed by atoms with Gasteiger partial charge in [-0.2, -0.15) is 0 Å². The average molecular weight is 322 g/mol. The van der Waals surface area contributed by atoms with E-state index in [9.17, 15) is 4.79 Å². The van der Waals surface area contributed by atoms with E-state index in [1.165, 1.54) is 16.9 Å². The summed E-state index contributed by atoms with van der Waals surface area (Å²) in [6.07, 6.45) is 2.66. The molecule has 116 valence electrons. The molecule has 4 heteroatoms. The molecular weight excluding hydrogens is 304 g/mol. The first-order valence-corrected chi connectivity index (χ1v) is 8.30. The van der Waals surface area contributed by atoms with Gasteiger partial charge in [-0.25, -0.2) is 4.98 Å². The Hall–Kier alpha value is -2.46. The number of anilines is 1. The topological polar surface area (TPSA) is 42.0 Å². The summed E-state index contributed by atoms with van der Waals surface area (Å²) in [5.41, 5.74) is 4.07. The van der Waals surface area contributed by atoms with Crippen molar-refractivity contribution in [3.8, 4) is 0 Å². The SMILES string of the molecule is Cc1cc(C)cc(C(=O)Nc2ncc(Cc3ccccc3)s2)c1. The highest BCUT2D eigenvalue weighted by Gasteiger charge is 2.10. The molecule has 1 amide bonds. The van der Waals surface area contributed by atoms with Crippen molar-refractivity contribution in [2.45, 2.75) is 20.3 Å². The summed E-state index contributed by atoms with van der Waals surface area (Å²) in [5, 5.41) is 3.53. The third kappa shape index (κ3) is 4.05. The lowest BCUT2D eigenvalue weighted by Crippen LogP contribution is -2.12. The fourth-order valence-corrected chi connectivity index (χ4v) is 3.36. The second-order valence-corrected chi connectivity index (χ2v) is 6.74. The summed E-state index contributed by atoms with van der Waals surface area (Å²) in [5.74, 6) is -0.114. The Bertz CT molecular complexity index is 804. The Morgan fingerprint density at radius 3 is 2.48 bits per heavy atom. The van der Waals surface area contributed by atoms with E-state index in [1.807, 2.05) is 50.4 Å². The number of nitrogens with zero attached hydrogens (tertiary/aromatic N) is 1. The van der Waals surface area contributed by atoms with Gasteiger partial charge in [0.1, 0.15) is 0 Å². The highest BCUT2D eigenvalue weighted by Crippen LogP contribution is 2.22. The van der Waals surface area contributed by atoms with Gasteiger partial charge in [-0.3, -0.25) is 10.1 Å². The second kappa shape index (κ2) is 6.75. The molecule has 0 aliphatic heterocycles. The first kappa shape index (κ1) is 15.4. The Kier molecular flexibility index (Phi) is 4.53. The number of rotatable bonds is 4. The van der Waals surface area contributed by atoms with E-state index in [-0.39, 0.29) is 5.91 Å². The monoisotopic (exact) mass is 322 g/mol. The predicted molar refractivity (Wildman–Crippen MR) is 95.2 cm³/mol. The lowest BCUT2D eigenvalue weighted by Gasteiger charge is -2.04. The minimum Gasteiger partial charge on any atom is -0.298 e. The molecule has 0 unspecified atom stereocenters. The smallest absolute Gasteiger partial charge is 0.257 e. The Morgan fingerprint density at radius 2 is 1.78 bits per heavy atom. The summed E-state index contributed by atoms with van der Waals surface area (Å²) in [4.78, 5) is 17.8. The van der Waals surface area contributed by atoms with Crippen LogP contribution in [-0.4, -0.2) is 10.9 Å². The molecule has 0 bridgehead atoms. The first-order chi connectivity index (χ1) is 11.1. The number of hydrogen-bond donors (Lipinski definition) is 1. The van der Waals surface area contributed by atoms with Gasteiger partial charge in [0.05, 0.1) is 0 Å². The van der Waals surface area contributed by atoms with Crippen molar-refractivity contribution in [3.63, 3.8) is 0 Å². The zero-order chi connectivity index (χ0) is 16.2. The average Bonchev–Trinajstić information content (AvgIpc) is 2.94. The Balaban J connectivity index is 1.70. The molecule has 1 aromatic heterocycles. The lowest BCUT2D eigenvalue weighted by molar-refractivity contribution is 0.102. The maximum Gasteiger partial charge on any atom is 0.257 e. The molecular formula is C19H18N2OS. The van der Waals surface area contributed by atoms with Crippen molar-refractivity contribution in [2.75, 3.05) is 5.32 Å². The van der Waals surface area contributed by atoms with Crippen molar-refractivity contribution in [1.82, 2.24) is 4.98 Å². The van der Waals surface area contributed by atoms with Crippen LogP contribution >= 0.6 is 11.3 Å². The number of thiazole rings is 1. The maximum atomic E-state index is 12.3. The second-order valence-electron chi connectivity index (χ2n) is 5.62. The van der Waals surface area contributed by atoms with E-state index in [4.69, 9.17) is 0 Å². The summed E-state index contributed by atoms with van der Waals surface area (Å²) in [6.45, 7) is 3.98. The van der Waals surface area contributed by atoms with Gasteiger partial charge in [-0.1, -0.05) is 47.5 Å². The number of amides is 1. The van der Waals surface area contributed by atoms with Crippen LogP contribution in [0, 0.1) is 13.8 Å². The molecule has 3 nitrogen and oxygen atoms in total. The van der Waals surface area contributed by atoms with E-state index < -0.39 is 0 Å². The molecule has 0 fully saturated rings. The molecule has 2 aromatic carbocycles. The van der Waals surface area contributed by atoms with Crippen LogP contribution in [0.2, 0.25) is 0 Å². The molecule has 0 radical (unpaired) electrons. The van der Waals surface area contributed by atoms with Crippen molar-refractivity contribution >= 4 is 22.4 Å². The van der Waals surface area contributed by atoms with Crippen LogP contribution in [0.3, 0.4) is 0 Å². The molecule has 3 rings (SSSR count). The molecule has 23 heavy (non-hydrogen) atoms. The molecule has 0 atom stereocenters. The van der Waals surface area contributed by atoms with Crippen LogP contribution in [0.1, 0.15) is 31.9 Å². The molecule has 3 aromatic rings. The van der Waals surface area contributed by atoms with Crippen molar-refractivity contribution in [1.29, 1.82) is 0 Å². The highest BCUT2D eigenvalue weighted by molar-refractivity contribution is 7.15. The summed E-state index contributed by atoms with van der Waals surface area (Å²) in [7, 11) is 0. The van der Waals surface area contributed by atoms with Crippen LogP contribution in [0.5, 0.6) is 0 Å². The Morgan fingerprint density at radius 1 is 1.09 bits per heavy atom. The summed E-state index contributed by atoms with van der Waals surface area (Å²) >= 11 is 1.52. The van der Waals surface area contributed by atoms with E-state index in [0.29, 0.717) is 10.7 Å². The third-order valence-electron chi connectivity index (χ3n) is 3.48. The van der Waals surface area contributed by atoms with Gasteiger partial charge in [0.25, 0.3) is 5.91 Å². The van der Waals surface area contributed by atoms with E-state index in [2.05, 4.69) is 28.5 Å². The van der Waals surface area contributed by atoms with Crippen LogP contribution in [0.15, 0.2) is 54.7 Å². The number of aryl methyl sites for hydroxylation is 2. The predicted octanol–water partition coefficient (Wildman–Crippen LogP) is 4.60. The molecule has 0 saturated heterocycles. The van der Waals surface area contributed by atoms with Gasteiger partial charge in [0.2, 0.25) is 0 Å². The Labute approximate surface area is 140 Å². The van der Waals surface area contributed by atoms with Crippen LogP contribution < -0.4 is 5.32 Å². The normalized spacial score (nSPS) is 10.5. The molecule has 1 N–H and O–H groups in total. The van der Waals surface area contributed by atoms with Crippen LogP contribution in [0.25, 0.3) is 0 Å². The maximum absolute atomic E-state index is 12.3. The minimum absolute atomic E-state index is 0.114. The first-order valence-electron chi connectivity index (χ1n) is 7.48. The molecule has 1 heterocycles. The van der Waals surface area contributed by atoms with E-state index in [0.717, 1.165) is 22.4 Å². The van der Waals surface area contributed by atoms with Gasteiger partial charge < -0.3 is 0 Å². The van der Waals surface area contributed by atoms with Crippen LogP contribution in [-0.2, 0) is 6.42 Å². The number of benzene rings is 2. The largest absolute Gasteiger partial charge is 0.298 e. The van der Waals surface area contributed by atoms with E-state index in [1.54, 1.807) is 0 Å². The zero-order valence-corrected chi connectivity index (χ0v) is 14.0. The third-order valence-corrected chi connectivity index (χ3v) is 4.39. The number of hydrogen-bond acceptors (Lipinski definition) is 3. The van der Waals surface area contributed by atoms with Gasteiger partial charge in [0, 0.05) is 23.1 Å². The van der Waals surface area contributed by atoms with Gasteiger partial charge in [-0.05, 0) is 31.5 Å². The van der Waals surface area contributed by atoms with Crippen molar-refractivity contribution in [2.24, 2.45) is 0 Å². The molecule has 0 spiro atoms. The molecule has 0 saturated carbocycles. The number of aromatic nitrogens is 1. The van der Waals surface area contributed by atoms with Gasteiger partial charge in [-0.15, -0.1) is 11.3 Å². The quantitative estimate of drug-likeness (QED) is 0.762. The van der Waals surface area contributed by atoms with E-state index >= 15 is 0 Å². The van der Waals surface area contributed by atoms with Crippen LogP contribution in [0.4, 0.5) is 5.13 Å². The highest BCUT2D eigenvalue weighted by atomic mass is 32.1. The number of carbonyl (C=O) groups is 1. The summed E-state index contributed by atoms with van der Waals surface area (Å²) in [6, 6.07) is 16.1. The summed E-state index contributed by atoms with van der Waals surface area (Å²) < 4.78 is 0. The zero-order valence-electron chi connectivity index (χ0n) is 13.2. The fraction of sp³-hybridized carbons (Fsp3) is 0.158.